The Morgan fingerprint density at radius 1 is 1.41 bits per heavy atom. The Kier molecular flexibility index (Phi) is 5.63. The second-order valence-electron chi connectivity index (χ2n) is 5.42. The highest BCUT2D eigenvalue weighted by atomic mass is 35.5. The van der Waals surface area contributed by atoms with E-state index in [1.54, 1.807) is 18.2 Å². The SMILES string of the molecule is COc1ccc(NC(=O)C[NH+]2CCC(C(=O)[O-])CC2)cc1Cl. The maximum Gasteiger partial charge on any atom is 0.279 e. The minimum atomic E-state index is -0.989. The zero-order valence-corrected chi connectivity index (χ0v) is 13.1. The first-order valence-corrected chi connectivity index (χ1v) is 7.55. The van der Waals surface area contributed by atoms with Crippen LogP contribution in [0.5, 0.6) is 5.75 Å². The number of likely N-dealkylation sites (tertiary alicyclic amines) is 1. The highest BCUT2D eigenvalue weighted by molar-refractivity contribution is 6.32. The van der Waals surface area contributed by atoms with Crippen molar-refractivity contribution < 1.29 is 24.3 Å². The lowest BCUT2D eigenvalue weighted by molar-refractivity contribution is -0.897. The highest BCUT2D eigenvalue weighted by Gasteiger charge is 2.24. The lowest BCUT2D eigenvalue weighted by Gasteiger charge is -2.29. The molecule has 1 heterocycles. The van der Waals surface area contributed by atoms with Crippen molar-refractivity contribution in [3.8, 4) is 5.75 Å². The van der Waals surface area contributed by atoms with E-state index in [9.17, 15) is 14.7 Å². The van der Waals surface area contributed by atoms with Crippen molar-refractivity contribution in [1.82, 2.24) is 0 Å². The first-order valence-electron chi connectivity index (χ1n) is 7.17. The molecule has 1 aliphatic rings. The molecule has 0 aliphatic carbocycles. The fourth-order valence-electron chi connectivity index (χ4n) is 2.61. The molecule has 1 aromatic carbocycles. The van der Waals surface area contributed by atoms with Crippen molar-refractivity contribution in [3.05, 3.63) is 23.2 Å². The summed E-state index contributed by atoms with van der Waals surface area (Å²) in [5, 5.41) is 14.0. The molecule has 7 heteroatoms. The van der Waals surface area contributed by atoms with E-state index < -0.39 is 5.97 Å². The van der Waals surface area contributed by atoms with Gasteiger partial charge in [-0.1, -0.05) is 11.6 Å². The smallest absolute Gasteiger partial charge is 0.279 e. The number of amides is 1. The van der Waals surface area contributed by atoms with Gasteiger partial charge < -0.3 is 24.9 Å². The number of halogens is 1. The third kappa shape index (κ3) is 4.35. The predicted molar refractivity (Wildman–Crippen MR) is 79.9 cm³/mol. The van der Waals surface area contributed by atoms with Gasteiger partial charge in [0, 0.05) is 30.4 Å². The minimum Gasteiger partial charge on any atom is -0.550 e. The minimum absolute atomic E-state index is 0.122. The second-order valence-corrected chi connectivity index (χ2v) is 5.82. The number of quaternary nitrogens is 1. The summed E-state index contributed by atoms with van der Waals surface area (Å²) in [6.07, 6.45) is 1.11. The number of aliphatic carboxylic acids is 1. The molecule has 6 nitrogen and oxygen atoms in total. The summed E-state index contributed by atoms with van der Waals surface area (Å²) in [5.74, 6) is -0.943. The number of carbonyl (C=O) groups excluding carboxylic acids is 2. The van der Waals surface area contributed by atoms with Gasteiger partial charge in [-0.15, -0.1) is 0 Å². The molecule has 0 spiro atoms. The summed E-state index contributed by atoms with van der Waals surface area (Å²) < 4.78 is 5.05. The van der Waals surface area contributed by atoms with Crippen LogP contribution < -0.4 is 20.1 Å². The van der Waals surface area contributed by atoms with E-state index in [0.29, 0.717) is 48.9 Å². The number of carboxylic acid groups (broad SMARTS) is 1. The van der Waals surface area contributed by atoms with Crippen molar-refractivity contribution in [1.29, 1.82) is 0 Å². The van der Waals surface area contributed by atoms with Crippen LogP contribution in [0.25, 0.3) is 0 Å². The Bertz CT molecular complexity index is 556. The number of hydrogen-bond donors (Lipinski definition) is 2. The van der Waals surface area contributed by atoms with E-state index in [4.69, 9.17) is 16.3 Å². The number of hydrogen-bond acceptors (Lipinski definition) is 4. The van der Waals surface area contributed by atoms with Gasteiger partial charge in [-0.2, -0.15) is 0 Å². The van der Waals surface area contributed by atoms with Crippen molar-refractivity contribution >= 4 is 29.2 Å². The molecule has 2 N–H and O–H groups in total. The van der Waals surface area contributed by atoms with Gasteiger partial charge in [-0.05, 0) is 18.2 Å². The van der Waals surface area contributed by atoms with Crippen molar-refractivity contribution in [3.63, 3.8) is 0 Å². The number of ether oxygens (including phenoxy) is 1. The van der Waals surface area contributed by atoms with E-state index in [1.165, 1.54) is 7.11 Å². The Labute approximate surface area is 134 Å². The summed E-state index contributed by atoms with van der Waals surface area (Å²) in [7, 11) is 1.53. The molecule has 1 saturated heterocycles. The number of rotatable bonds is 5. The largest absolute Gasteiger partial charge is 0.550 e. The maximum absolute atomic E-state index is 12.0. The topological polar surface area (TPSA) is 82.9 Å². The Hall–Kier alpha value is -1.79. The number of nitrogens with one attached hydrogen (secondary N) is 2. The Balaban J connectivity index is 1.83. The van der Waals surface area contributed by atoms with E-state index >= 15 is 0 Å². The predicted octanol–water partition coefficient (Wildman–Crippen LogP) is -0.668. The highest BCUT2D eigenvalue weighted by Crippen LogP contribution is 2.27. The van der Waals surface area contributed by atoms with Crippen LogP contribution in [0.3, 0.4) is 0 Å². The Morgan fingerprint density at radius 3 is 2.64 bits per heavy atom. The quantitative estimate of drug-likeness (QED) is 0.752. The molecule has 1 fully saturated rings. The van der Waals surface area contributed by atoms with Crippen LogP contribution >= 0.6 is 11.6 Å². The van der Waals surface area contributed by atoms with Crippen molar-refractivity contribution in [2.45, 2.75) is 12.8 Å². The van der Waals surface area contributed by atoms with Crippen LogP contribution in [0.4, 0.5) is 5.69 Å². The van der Waals surface area contributed by atoms with Crippen molar-refractivity contribution in [2.75, 3.05) is 32.1 Å². The lowest BCUT2D eigenvalue weighted by atomic mass is 9.97. The van der Waals surface area contributed by atoms with E-state index in [2.05, 4.69) is 5.32 Å². The molecule has 1 aromatic rings. The average molecular weight is 327 g/mol. The third-order valence-electron chi connectivity index (χ3n) is 3.87. The molecule has 0 atom stereocenters. The number of carbonyl (C=O) groups is 2. The maximum atomic E-state index is 12.0. The lowest BCUT2D eigenvalue weighted by Crippen LogP contribution is -3.14. The van der Waals surface area contributed by atoms with Crippen LogP contribution in [-0.4, -0.2) is 38.6 Å². The number of carboxylic acids is 1. The van der Waals surface area contributed by atoms with Crippen LogP contribution in [-0.2, 0) is 9.59 Å². The van der Waals surface area contributed by atoms with Crippen LogP contribution in [0.2, 0.25) is 5.02 Å². The molecule has 120 valence electrons. The molecule has 0 bridgehead atoms. The molecule has 0 radical (unpaired) electrons. The van der Waals surface area contributed by atoms with Gasteiger partial charge in [0.2, 0.25) is 0 Å². The summed E-state index contributed by atoms with van der Waals surface area (Å²) >= 11 is 6.01. The normalized spacial score (nSPS) is 21.2. The summed E-state index contributed by atoms with van der Waals surface area (Å²) in [6, 6.07) is 5.05. The number of anilines is 1. The molecule has 1 aliphatic heterocycles. The molecular weight excluding hydrogens is 308 g/mol. The van der Waals surface area contributed by atoms with Gasteiger partial charge in [0.25, 0.3) is 5.91 Å². The zero-order chi connectivity index (χ0) is 16.1. The monoisotopic (exact) mass is 326 g/mol. The van der Waals surface area contributed by atoms with Gasteiger partial charge >= 0.3 is 0 Å². The van der Waals surface area contributed by atoms with Gasteiger partial charge in [-0.25, -0.2) is 0 Å². The van der Waals surface area contributed by atoms with E-state index in [-0.39, 0.29) is 11.8 Å². The molecule has 1 amide bonds. The standard InChI is InChI=1S/C15H19ClN2O4/c1-22-13-3-2-11(8-12(13)16)17-14(19)9-18-6-4-10(5-7-18)15(20)21/h2-3,8,10H,4-7,9H2,1H3,(H,17,19)(H,20,21). The first-order chi connectivity index (χ1) is 10.5. The van der Waals surface area contributed by atoms with Gasteiger partial charge in [0.1, 0.15) is 5.75 Å². The molecular formula is C15H19ClN2O4. The van der Waals surface area contributed by atoms with E-state index in [1.807, 2.05) is 0 Å². The zero-order valence-electron chi connectivity index (χ0n) is 12.4. The third-order valence-corrected chi connectivity index (χ3v) is 4.17. The first kappa shape index (κ1) is 16.6. The van der Waals surface area contributed by atoms with Gasteiger partial charge in [0.15, 0.2) is 6.54 Å². The number of piperidine rings is 1. The van der Waals surface area contributed by atoms with Crippen LogP contribution in [0.1, 0.15) is 12.8 Å². The van der Waals surface area contributed by atoms with Crippen LogP contribution in [0, 0.1) is 5.92 Å². The van der Waals surface area contributed by atoms with E-state index in [0.717, 1.165) is 4.90 Å². The molecule has 0 saturated carbocycles. The summed E-state index contributed by atoms with van der Waals surface area (Å²) in [5.41, 5.74) is 0.611. The Morgan fingerprint density at radius 2 is 2.09 bits per heavy atom. The molecule has 0 aromatic heterocycles. The number of methoxy groups -OCH3 is 1. The van der Waals surface area contributed by atoms with Crippen LogP contribution in [0.15, 0.2) is 18.2 Å². The van der Waals surface area contributed by atoms with Gasteiger partial charge in [0.05, 0.1) is 25.2 Å². The fraction of sp³-hybridized carbons (Fsp3) is 0.467. The average Bonchev–Trinajstić information content (AvgIpc) is 2.48. The second kappa shape index (κ2) is 7.47. The summed E-state index contributed by atoms with van der Waals surface area (Å²) in [4.78, 5) is 23.9. The fourth-order valence-corrected chi connectivity index (χ4v) is 2.87. The summed E-state index contributed by atoms with van der Waals surface area (Å²) in [6.45, 7) is 1.63. The number of benzene rings is 1. The molecule has 2 rings (SSSR count). The molecule has 0 unspecified atom stereocenters. The van der Waals surface area contributed by atoms with Gasteiger partial charge in [-0.3, -0.25) is 4.79 Å². The molecule has 22 heavy (non-hydrogen) atoms. The van der Waals surface area contributed by atoms with Crippen molar-refractivity contribution in [2.24, 2.45) is 5.92 Å².